The highest BCUT2D eigenvalue weighted by Crippen LogP contribution is 2.47. The monoisotopic (exact) mass is 464 g/mol. The Kier molecular flexibility index (Phi) is 5.86. The van der Waals surface area contributed by atoms with Crippen LogP contribution in [-0.2, 0) is 6.61 Å². The van der Waals surface area contributed by atoms with Crippen LogP contribution in [0.3, 0.4) is 0 Å². The van der Waals surface area contributed by atoms with E-state index in [9.17, 15) is 5.26 Å². The highest BCUT2D eigenvalue weighted by molar-refractivity contribution is 5.71. The molecule has 0 fully saturated rings. The standard InChI is InChI=1S/C28H24N4O3/c1-17-8-6-7-11-20(17)16-34-22-13-12-19(14-23(22)33-2)24-21(15-29)27(30)35-28-25(24)26(31-32-28)18-9-4-3-5-10-18/h3-14,24H,16,30H2,1-2H3,(H,31,32)/t24-/m1/s1. The summed E-state index contributed by atoms with van der Waals surface area (Å²) in [6.45, 7) is 2.47. The van der Waals surface area contributed by atoms with Crippen LogP contribution in [0.25, 0.3) is 11.3 Å². The van der Waals surface area contributed by atoms with Crippen molar-refractivity contribution in [3.05, 3.63) is 107 Å². The van der Waals surface area contributed by atoms with E-state index in [-0.39, 0.29) is 5.88 Å². The van der Waals surface area contributed by atoms with Gasteiger partial charge in [0.15, 0.2) is 11.5 Å². The number of benzene rings is 3. The Labute approximate surface area is 203 Å². The van der Waals surface area contributed by atoms with Crippen molar-refractivity contribution in [3.8, 4) is 34.7 Å². The molecule has 1 atom stereocenters. The number of hydrogen-bond donors (Lipinski definition) is 2. The Balaban J connectivity index is 1.56. The topological polar surface area (TPSA) is 106 Å². The fraction of sp³-hybridized carbons (Fsp3) is 0.143. The molecule has 0 saturated carbocycles. The van der Waals surface area contributed by atoms with Gasteiger partial charge in [-0.1, -0.05) is 60.7 Å². The summed E-state index contributed by atoms with van der Waals surface area (Å²) in [4.78, 5) is 0. The van der Waals surface area contributed by atoms with Gasteiger partial charge in [0, 0.05) is 0 Å². The number of rotatable bonds is 6. The molecule has 4 aromatic rings. The van der Waals surface area contributed by atoms with Crippen molar-refractivity contribution in [1.82, 2.24) is 10.2 Å². The Morgan fingerprint density at radius 2 is 1.83 bits per heavy atom. The summed E-state index contributed by atoms with van der Waals surface area (Å²) in [6.07, 6.45) is 0. The number of hydrogen-bond acceptors (Lipinski definition) is 6. The molecule has 1 aliphatic heterocycles. The normalized spacial score (nSPS) is 14.6. The second-order valence-corrected chi connectivity index (χ2v) is 8.23. The number of ether oxygens (including phenoxy) is 3. The first kappa shape index (κ1) is 22.1. The number of aromatic nitrogens is 2. The van der Waals surface area contributed by atoms with Crippen LogP contribution in [-0.4, -0.2) is 17.3 Å². The Bertz CT molecular complexity index is 1450. The van der Waals surface area contributed by atoms with Crippen LogP contribution in [0.2, 0.25) is 0 Å². The second kappa shape index (κ2) is 9.27. The van der Waals surface area contributed by atoms with Gasteiger partial charge in [-0.05, 0) is 41.3 Å². The molecule has 2 heterocycles. The van der Waals surface area contributed by atoms with Gasteiger partial charge < -0.3 is 19.9 Å². The summed E-state index contributed by atoms with van der Waals surface area (Å²) in [5, 5.41) is 17.4. The van der Waals surface area contributed by atoms with Crippen molar-refractivity contribution >= 4 is 0 Å². The molecule has 7 nitrogen and oxygen atoms in total. The van der Waals surface area contributed by atoms with E-state index in [0.29, 0.717) is 29.6 Å². The van der Waals surface area contributed by atoms with Crippen molar-refractivity contribution in [2.75, 3.05) is 7.11 Å². The lowest BCUT2D eigenvalue weighted by atomic mass is 9.83. The van der Waals surface area contributed by atoms with E-state index < -0.39 is 5.92 Å². The number of nitrogens with zero attached hydrogens (tertiary/aromatic N) is 2. The Morgan fingerprint density at radius 3 is 2.57 bits per heavy atom. The lowest BCUT2D eigenvalue weighted by Gasteiger charge is -2.25. The van der Waals surface area contributed by atoms with Crippen LogP contribution in [0.15, 0.2) is 84.3 Å². The maximum absolute atomic E-state index is 9.98. The molecule has 0 bridgehead atoms. The van der Waals surface area contributed by atoms with Gasteiger partial charge in [-0.25, -0.2) is 0 Å². The number of fused-ring (bicyclic) bond motifs is 1. The number of aryl methyl sites for hydroxylation is 1. The molecule has 0 saturated heterocycles. The van der Waals surface area contributed by atoms with Crippen LogP contribution >= 0.6 is 0 Å². The predicted octanol–water partition coefficient (Wildman–Crippen LogP) is 5.19. The first-order valence-electron chi connectivity index (χ1n) is 11.2. The van der Waals surface area contributed by atoms with E-state index >= 15 is 0 Å². The van der Waals surface area contributed by atoms with Gasteiger partial charge in [0.1, 0.15) is 18.2 Å². The van der Waals surface area contributed by atoms with Gasteiger partial charge in [-0.15, -0.1) is 5.10 Å². The number of nitriles is 1. The summed E-state index contributed by atoms with van der Waals surface area (Å²) in [5.41, 5.74) is 12.0. The van der Waals surface area contributed by atoms with E-state index in [0.717, 1.165) is 33.5 Å². The molecule has 0 aliphatic carbocycles. The number of nitrogens with two attached hydrogens (primary N) is 1. The quantitative estimate of drug-likeness (QED) is 0.407. The van der Waals surface area contributed by atoms with Gasteiger partial charge in [-0.3, -0.25) is 5.10 Å². The highest BCUT2D eigenvalue weighted by Gasteiger charge is 2.36. The van der Waals surface area contributed by atoms with E-state index in [1.807, 2.05) is 66.7 Å². The maximum atomic E-state index is 9.98. The predicted molar refractivity (Wildman–Crippen MR) is 132 cm³/mol. The molecule has 0 spiro atoms. The largest absolute Gasteiger partial charge is 0.493 e. The molecule has 7 heteroatoms. The van der Waals surface area contributed by atoms with E-state index in [1.165, 1.54) is 0 Å². The molecule has 3 aromatic carbocycles. The van der Waals surface area contributed by atoms with Gasteiger partial charge in [0.2, 0.25) is 11.8 Å². The zero-order valence-corrected chi connectivity index (χ0v) is 19.4. The lowest BCUT2D eigenvalue weighted by molar-refractivity contribution is 0.283. The smallest absolute Gasteiger partial charge is 0.244 e. The van der Waals surface area contributed by atoms with Crippen LogP contribution in [0, 0.1) is 18.3 Å². The molecule has 174 valence electrons. The zero-order chi connectivity index (χ0) is 24.4. The highest BCUT2D eigenvalue weighted by atomic mass is 16.5. The number of aromatic amines is 1. The third-order valence-electron chi connectivity index (χ3n) is 6.17. The van der Waals surface area contributed by atoms with Crippen molar-refractivity contribution in [2.24, 2.45) is 5.73 Å². The number of allylic oxidation sites excluding steroid dienone is 1. The number of H-pyrrole nitrogens is 1. The first-order valence-corrected chi connectivity index (χ1v) is 11.2. The molecule has 35 heavy (non-hydrogen) atoms. The fourth-order valence-corrected chi connectivity index (χ4v) is 4.31. The summed E-state index contributed by atoms with van der Waals surface area (Å²) < 4.78 is 17.5. The van der Waals surface area contributed by atoms with Gasteiger partial charge in [0.25, 0.3) is 0 Å². The maximum Gasteiger partial charge on any atom is 0.244 e. The third-order valence-corrected chi connectivity index (χ3v) is 6.17. The Hall–Kier alpha value is -4.70. The summed E-state index contributed by atoms with van der Waals surface area (Å²) in [5.74, 6) is 1.07. The summed E-state index contributed by atoms with van der Waals surface area (Å²) in [6, 6.07) is 25.7. The fourth-order valence-electron chi connectivity index (χ4n) is 4.31. The van der Waals surface area contributed by atoms with Crippen molar-refractivity contribution in [3.63, 3.8) is 0 Å². The molecule has 1 aromatic heterocycles. The molecular weight excluding hydrogens is 440 g/mol. The van der Waals surface area contributed by atoms with E-state index in [4.69, 9.17) is 19.9 Å². The van der Waals surface area contributed by atoms with Crippen molar-refractivity contribution < 1.29 is 14.2 Å². The second-order valence-electron chi connectivity index (χ2n) is 8.23. The van der Waals surface area contributed by atoms with E-state index in [1.54, 1.807) is 7.11 Å². The minimum Gasteiger partial charge on any atom is -0.493 e. The van der Waals surface area contributed by atoms with Gasteiger partial charge in [-0.2, -0.15) is 5.26 Å². The van der Waals surface area contributed by atoms with Gasteiger partial charge >= 0.3 is 0 Å². The lowest BCUT2D eigenvalue weighted by Crippen LogP contribution is -2.21. The molecule has 1 aliphatic rings. The van der Waals surface area contributed by atoms with Gasteiger partial charge in [0.05, 0.1) is 24.3 Å². The number of methoxy groups -OCH3 is 1. The average Bonchev–Trinajstić information content (AvgIpc) is 3.31. The van der Waals surface area contributed by atoms with E-state index in [2.05, 4.69) is 29.3 Å². The van der Waals surface area contributed by atoms with Crippen molar-refractivity contribution in [1.29, 1.82) is 5.26 Å². The van der Waals surface area contributed by atoms with Crippen LogP contribution in [0.4, 0.5) is 0 Å². The molecule has 0 radical (unpaired) electrons. The molecule has 0 amide bonds. The SMILES string of the molecule is COc1cc([C@@H]2C(C#N)=C(N)Oc3n[nH]c(-c4ccccc4)c32)ccc1OCc1ccccc1C. The minimum absolute atomic E-state index is 0.0370. The molecule has 5 rings (SSSR count). The van der Waals surface area contributed by atoms with Crippen LogP contribution in [0.5, 0.6) is 17.4 Å². The Morgan fingerprint density at radius 1 is 1.06 bits per heavy atom. The minimum atomic E-state index is -0.489. The zero-order valence-electron chi connectivity index (χ0n) is 19.4. The average molecular weight is 465 g/mol. The molecular formula is C28H24N4O3. The first-order chi connectivity index (χ1) is 17.1. The summed E-state index contributed by atoms with van der Waals surface area (Å²) in [7, 11) is 1.60. The third kappa shape index (κ3) is 4.06. The van der Waals surface area contributed by atoms with Crippen LogP contribution < -0.4 is 19.9 Å². The molecule has 3 N–H and O–H groups in total. The van der Waals surface area contributed by atoms with Crippen molar-refractivity contribution in [2.45, 2.75) is 19.4 Å². The van der Waals surface area contributed by atoms with Crippen LogP contribution in [0.1, 0.15) is 28.2 Å². The number of nitrogens with one attached hydrogen (secondary N) is 1. The summed E-state index contributed by atoms with van der Waals surface area (Å²) >= 11 is 0. The molecule has 0 unspecified atom stereocenters.